The molecule has 2 aromatic rings. The molecule has 1 N–H and O–H groups in total. The molecule has 2 aromatic heterocycles. The van der Waals surface area contributed by atoms with Crippen molar-refractivity contribution in [1.82, 2.24) is 24.6 Å². The van der Waals surface area contributed by atoms with E-state index < -0.39 is 0 Å². The minimum Gasteiger partial charge on any atom is -0.350 e. The Hall–Kier alpha value is -2.11. The molecule has 0 fully saturated rings. The molecule has 0 bridgehead atoms. The van der Waals surface area contributed by atoms with E-state index in [0.29, 0.717) is 18.7 Å². The van der Waals surface area contributed by atoms with Crippen LogP contribution in [0.15, 0.2) is 24.7 Å². The van der Waals surface area contributed by atoms with E-state index in [1.807, 2.05) is 37.9 Å². The summed E-state index contributed by atoms with van der Waals surface area (Å²) in [6.45, 7) is 4.60. The van der Waals surface area contributed by atoms with Gasteiger partial charge in [0.1, 0.15) is 11.5 Å². The summed E-state index contributed by atoms with van der Waals surface area (Å²) in [7, 11) is 1.94. The Labute approximate surface area is 112 Å². The predicted molar refractivity (Wildman–Crippen MR) is 71.9 cm³/mol. The van der Waals surface area contributed by atoms with Crippen LogP contribution in [0.2, 0.25) is 0 Å². The zero-order valence-electron chi connectivity index (χ0n) is 11.5. The van der Waals surface area contributed by atoms with E-state index in [4.69, 9.17) is 0 Å². The van der Waals surface area contributed by atoms with Crippen LogP contribution in [0.1, 0.15) is 36.2 Å². The fourth-order valence-corrected chi connectivity index (χ4v) is 1.76. The Morgan fingerprint density at radius 2 is 2.21 bits per heavy atom. The molecular weight excluding hydrogens is 242 g/mol. The molecule has 0 aliphatic rings. The van der Waals surface area contributed by atoms with Gasteiger partial charge in [-0.1, -0.05) is 0 Å². The van der Waals surface area contributed by atoms with Gasteiger partial charge in [-0.15, -0.1) is 0 Å². The van der Waals surface area contributed by atoms with E-state index in [0.717, 1.165) is 5.82 Å². The number of hydrogen-bond donors (Lipinski definition) is 1. The van der Waals surface area contributed by atoms with Crippen molar-refractivity contribution < 1.29 is 4.79 Å². The number of rotatable bonds is 5. The smallest absolute Gasteiger partial charge is 0.271 e. The highest BCUT2D eigenvalue weighted by molar-refractivity contribution is 5.92. The normalized spacial score (nSPS) is 10.9. The number of carbonyl (C=O) groups excluding carboxylic acids is 1. The van der Waals surface area contributed by atoms with E-state index in [1.165, 1.54) is 0 Å². The average molecular weight is 261 g/mol. The highest BCUT2D eigenvalue weighted by Crippen LogP contribution is 2.04. The van der Waals surface area contributed by atoms with Gasteiger partial charge in [0.15, 0.2) is 0 Å². The van der Waals surface area contributed by atoms with Crippen molar-refractivity contribution in [3.63, 3.8) is 0 Å². The first kappa shape index (κ1) is 13.3. The molecule has 0 aromatic carbocycles. The Kier molecular flexibility index (Phi) is 3.99. The van der Waals surface area contributed by atoms with Gasteiger partial charge in [0, 0.05) is 44.6 Å². The molecular formula is C13H19N5O. The second-order valence-corrected chi connectivity index (χ2v) is 4.74. The van der Waals surface area contributed by atoms with Crippen molar-refractivity contribution in [2.24, 2.45) is 7.05 Å². The van der Waals surface area contributed by atoms with E-state index in [-0.39, 0.29) is 11.9 Å². The third-order valence-electron chi connectivity index (χ3n) is 2.93. The maximum atomic E-state index is 11.9. The summed E-state index contributed by atoms with van der Waals surface area (Å²) < 4.78 is 3.72. The van der Waals surface area contributed by atoms with E-state index in [9.17, 15) is 4.79 Å². The molecule has 6 nitrogen and oxygen atoms in total. The minimum absolute atomic E-state index is 0.145. The third kappa shape index (κ3) is 3.21. The molecule has 0 saturated carbocycles. The van der Waals surface area contributed by atoms with Crippen LogP contribution in [-0.2, 0) is 13.5 Å². The summed E-state index contributed by atoms with van der Waals surface area (Å²) in [4.78, 5) is 16.1. The molecule has 0 aliphatic carbocycles. The lowest BCUT2D eigenvalue weighted by Crippen LogP contribution is -2.27. The SMILES string of the molecule is CC(C)n1ccc(C(=O)NCCc2nccn2C)n1. The van der Waals surface area contributed by atoms with Gasteiger partial charge in [-0.05, 0) is 19.9 Å². The van der Waals surface area contributed by atoms with Gasteiger partial charge in [0.2, 0.25) is 0 Å². The second kappa shape index (κ2) is 5.69. The lowest BCUT2D eigenvalue weighted by Gasteiger charge is -2.05. The van der Waals surface area contributed by atoms with Crippen LogP contribution in [0, 0.1) is 0 Å². The van der Waals surface area contributed by atoms with Gasteiger partial charge in [0.05, 0.1) is 0 Å². The first-order valence-corrected chi connectivity index (χ1v) is 6.37. The molecule has 102 valence electrons. The number of carbonyl (C=O) groups is 1. The Balaban J connectivity index is 1.85. The van der Waals surface area contributed by atoms with Gasteiger partial charge in [-0.2, -0.15) is 5.10 Å². The number of amides is 1. The van der Waals surface area contributed by atoms with Crippen LogP contribution in [0.5, 0.6) is 0 Å². The fourth-order valence-electron chi connectivity index (χ4n) is 1.76. The molecule has 1 amide bonds. The zero-order valence-corrected chi connectivity index (χ0v) is 11.5. The number of aromatic nitrogens is 4. The number of nitrogens with zero attached hydrogens (tertiary/aromatic N) is 4. The van der Waals surface area contributed by atoms with E-state index in [2.05, 4.69) is 15.4 Å². The summed E-state index contributed by atoms with van der Waals surface area (Å²) in [5, 5.41) is 7.08. The first-order chi connectivity index (χ1) is 9.08. The van der Waals surface area contributed by atoms with Crippen LogP contribution in [0.4, 0.5) is 0 Å². The molecule has 19 heavy (non-hydrogen) atoms. The maximum Gasteiger partial charge on any atom is 0.271 e. The van der Waals surface area contributed by atoms with Crippen LogP contribution in [0.3, 0.4) is 0 Å². The van der Waals surface area contributed by atoms with Crippen LogP contribution < -0.4 is 5.32 Å². The van der Waals surface area contributed by atoms with Crippen LogP contribution in [-0.4, -0.2) is 31.8 Å². The second-order valence-electron chi connectivity index (χ2n) is 4.74. The molecule has 2 heterocycles. The molecule has 6 heteroatoms. The first-order valence-electron chi connectivity index (χ1n) is 6.37. The monoisotopic (exact) mass is 261 g/mol. The lowest BCUT2D eigenvalue weighted by molar-refractivity contribution is 0.0948. The van der Waals surface area contributed by atoms with Crippen LogP contribution in [0.25, 0.3) is 0 Å². The van der Waals surface area contributed by atoms with Gasteiger partial charge in [0.25, 0.3) is 5.91 Å². The van der Waals surface area contributed by atoms with Gasteiger partial charge >= 0.3 is 0 Å². The number of nitrogens with one attached hydrogen (secondary N) is 1. The zero-order chi connectivity index (χ0) is 13.8. The largest absolute Gasteiger partial charge is 0.350 e. The number of imidazole rings is 1. The van der Waals surface area contributed by atoms with Gasteiger partial charge in [-0.25, -0.2) is 4.98 Å². The lowest BCUT2D eigenvalue weighted by atomic mass is 10.3. The van der Waals surface area contributed by atoms with Crippen LogP contribution >= 0.6 is 0 Å². The van der Waals surface area contributed by atoms with Gasteiger partial charge < -0.3 is 9.88 Å². The molecule has 0 unspecified atom stereocenters. The maximum absolute atomic E-state index is 11.9. The van der Waals surface area contributed by atoms with Crippen molar-refractivity contribution in [3.8, 4) is 0 Å². The van der Waals surface area contributed by atoms with Crippen molar-refractivity contribution in [2.45, 2.75) is 26.3 Å². The molecule has 0 atom stereocenters. The molecule has 0 radical (unpaired) electrons. The number of hydrogen-bond acceptors (Lipinski definition) is 3. The Bertz CT molecular complexity index is 555. The van der Waals surface area contributed by atoms with Gasteiger partial charge in [-0.3, -0.25) is 9.48 Å². The van der Waals surface area contributed by atoms with E-state index >= 15 is 0 Å². The highest BCUT2D eigenvalue weighted by Gasteiger charge is 2.10. The number of aryl methyl sites for hydroxylation is 1. The molecule has 0 saturated heterocycles. The van der Waals surface area contributed by atoms with Crippen molar-refractivity contribution >= 4 is 5.91 Å². The van der Waals surface area contributed by atoms with Crippen molar-refractivity contribution in [2.75, 3.05) is 6.54 Å². The third-order valence-corrected chi connectivity index (χ3v) is 2.93. The standard InChI is InChI=1S/C13H19N5O/c1-10(2)18-8-5-11(16-18)13(19)15-6-4-12-14-7-9-17(12)3/h5,7-10H,4,6H2,1-3H3,(H,15,19). The van der Waals surface area contributed by atoms with E-state index in [1.54, 1.807) is 16.9 Å². The summed E-state index contributed by atoms with van der Waals surface area (Å²) >= 11 is 0. The van der Waals surface area contributed by atoms with Crippen molar-refractivity contribution in [3.05, 3.63) is 36.2 Å². The highest BCUT2D eigenvalue weighted by atomic mass is 16.1. The van der Waals surface area contributed by atoms with Crippen molar-refractivity contribution in [1.29, 1.82) is 0 Å². The Morgan fingerprint density at radius 1 is 1.42 bits per heavy atom. The average Bonchev–Trinajstić information content (AvgIpc) is 2.98. The summed E-state index contributed by atoms with van der Waals surface area (Å²) in [5.74, 6) is 0.807. The molecule has 0 aliphatic heterocycles. The predicted octanol–water partition coefficient (Wildman–Crippen LogP) is 1.17. The summed E-state index contributed by atoms with van der Waals surface area (Å²) in [6.07, 6.45) is 6.17. The molecule has 0 spiro atoms. The summed E-state index contributed by atoms with van der Waals surface area (Å²) in [5.41, 5.74) is 0.452. The fraction of sp³-hybridized carbons (Fsp3) is 0.462. The minimum atomic E-state index is -0.145. The topological polar surface area (TPSA) is 64.7 Å². The molecule has 2 rings (SSSR count). The Morgan fingerprint density at radius 3 is 2.79 bits per heavy atom. The quantitative estimate of drug-likeness (QED) is 0.878. The summed E-state index contributed by atoms with van der Waals surface area (Å²) in [6, 6.07) is 1.99.